The van der Waals surface area contributed by atoms with Crippen LogP contribution in [-0.4, -0.2) is 16.0 Å². The molecule has 0 unspecified atom stereocenters. The number of anilines is 1. The van der Waals surface area contributed by atoms with Gasteiger partial charge in [0.25, 0.3) is 5.91 Å². The highest BCUT2D eigenvalue weighted by atomic mass is 19.1. The van der Waals surface area contributed by atoms with Gasteiger partial charge in [0, 0.05) is 0 Å². The van der Waals surface area contributed by atoms with Gasteiger partial charge in [-0.25, -0.2) is 4.39 Å². The van der Waals surface area contributed by atoms with Crippen molar-refractivity contribution in [3.8, 4) is 0 Å². The van der Waals surface area contributed by atoms with Crippen LogP contribution >= 0.6 is 0 Å². The lowest BCUT2D eigenvalue weighted by molar-refractivity contribution is 0.101. The Morgan fingerprint density at radius 1 is 1.41 bits per heavy atom. The van der Waals surface area contributed by atoms with Gasteiger partial charge in [-0.05, 0) is 25.5 Å². The van der Waals surface area contributed by atoms with Gasteiger partial charge in [-0.15, -0.1) is 0 Å². The highest BCUT2D eigenvalue weighted by molar-refractivity contribution is 6.03. The second-order valence-electron chi connectivity index (χ2n) is 3.54. The molecular formula is C11H10FN3O2. The van der Waals surface area contributed by atoms with Gasteiger partial charge < -0.3 is 4.52 Å². The number of aromatic nitrogens is 2. The van der Waals surface area contributed by atoms with Gasteiger partial charge in [-0.1, -0.05) is 17.3 Å². The van der Waals surface area contributed by atoms with Crippen LogP contribution in [0.5, 0.6) is 0 Å². The summed E-state index contributed by atoms with van der Waals surface area (Å²) in [7, 11) is 0. The third kappa shape index (κ3) is 2.30. The van der Waals surface area contributed by atoms with E-state index in [1.54, 1.807) is 26.0 Å². The lowest BCUT2D eigenvalue weighted by atomic mass is 10.1. The average molecular weight is 235 g/mol. The maximum Gasteiger partial charge on any atom is 0.328 e. The molecule has 1 amide bonds. The molecule has 0 fully saturated rings. The molecule has 88 valence electrons. The molecule has 0 aliphatic heterocycles. The molecule has 1 heterocycles. The molecule has 1 aromatic carbocycles. The Kier molecular flexibility index (Phi) is 2.86. The van der Waals surface area contributed by atoms with Gasteiger partial charge in [0.15, 0.2) is 5.82 Å². The van der Waals surface area contributed by atoms with Gasteiger partial charge in [0.1, 0.15) is 5.82 Å². The Morgan fingerprint density at radius 3 is 2.82 bits per heavy atom. The molecule has 0 spiro atoms. The summed E-state index contributed by atoms with van der Waals surface area (Å²) in [5, 5.41) is 5.84. The fourth-order valence-electron chi connectivity index (χ4n) is 1.34. The minimum absolute atomic E-state index is 0.0478. The molecule has 0 atom stereocenters. The van der Waals surface area contributed by atoms with Crippen molar-refractivity contribution in [2.45, 2.75) is 13.8 Å². The van der Waals surface area contributed by atoms with E-state index in [1.807, 2.05) is 0 Å². The summed E-state index contributed by atoms with van der Waals surface area (Å²) in [4.78, 5) is 15.5. The topological polar surface area (TPSA) is 68.0 Å². The third-order valence-electron chi connectivity index (χ3n) is 2.18. The lowest BCUT2D eigenvalue weighted by Crippen LogP contribution is -2.14. The molecule has 2 rings (SSSR count). The van der Waals surface area contributed by atoms with Crippen LogP contribution in [0.1, 0.15) is 21.7 Å². The molecule has 0 aliphatic rings. The van der Waals surface area contributed by atoms with Crippen LogP contribution in [0, 0.1) is 19.7 Å². The van der Waals surface area contributed by atoms with E-state index in [4.69, 9.17) is 4.52 Å². The third-order valence-corrected chi connectivity index (χ3v) is 2.18. The van der Waals surface area contributed by atoms with E-state index in [0.29, 0.717) is 11.4 Å². The molecule has 5 nitrogen and oxygen atoms in total. The monoisotopic (exact) mass is 235 g/mol. The highest BCUT2D eigenvalue weighted by Crippen LogP contribution is 2.13. The van der Waals surface area contributed by atoms with Crippen molar-refractivity contribution in [3.05, 3.63) is 41.0 Å². The van der Waals surface area contributed by atoms with E-state index in [9.17, 15) is 9.18 Å². The van der Waals surface area contributed by atoms with Crippen LogP contribution < -0.4 is 5.32 Å². The first-order valence-electron chi connectivity index (χ1n) is 4.94. The number of amides is 1. The van der Waals surface area contributed by atoms with Gasteiger partial charge in [-0.3, -0.25) is 10.1 Å². The number of nitrogens with one attached hydrogen (secondary N) is 1. The van der Waals surface area contributed by atoms with E-state index >= 15 is 0 Å². The summed E-state index contributed by atoms with van der Waals surface area (Å²) in [5.41, 5.74) is 0.347. The minimum Gasteiger partial charge on any atom is -0.315 e. The molecule has 1 N–H and O–H groups in total. The van der Waals surface area contributed by atoms with Crippen molar-refractivity contribution < 1.29 is 13.7 Å². The summed E-state index contributed by atoms with van der Waals surface area (Å²) in [6.07, 6.45) is 0. The number of carbonyl (C=O) groups is 1. The van der Waals surface area contributed by atoms with Crippen molar-refractivity contribution in [1.82, 2.24) is 10.1 Å². The first kappa shape index (κ1) is 11.3. The smallest absolute Gasteiger partial charge is 0.315 e. The standard InChI is InChI=1S/C11H10FN3O2/c1-6-4-3-5-8(9(6)12)10(16)14-11-13-7(2)15-17-11/h3-5H,1-2H3,(H,13,14,15,16). The number of benzene rings is 1. The fraction of sp³-hybridized carbons (Fsp3) is 0.182. The number of hydrogen-bond acceptors (Lipinski definition) is 4. The molecule has 0 saturated carbocycles. The van der Waals surface area contributed by atoms with E-state index < -0.39 is 11.7 Å². The number of aryl methyl sites for hydroxylation is 2. The Balaban J connectivity index is 2.23. The van der Waals surface area contributed by atoms with Crippen molar-refractivity contribution in [2.24, 2.45) is 0 Å². The van der Waals surface area contributed by atoms with E-state index in [-0.39, 0.29) is 11.6 Å². The minimum atomic E-state index is -0.616. The fourth-order valence-corrected chi connectivity index (χ4v) is 1.34. The summed E-state index contributed by atoms with van der Waals surface area (Å²) in [5.74, 6) is -0.777. The number of rotatable bonds is 2. The maximum absolute atomic E-state index is 13.6. The van der Waals surface area contributed by atoms with Crippen LogP contribution in [0.25, 0.3) is 0 Å². The Bertz CT molecular complexity index is 566. The predicted molar refractivity (Wildman–Crippen MR) is 58.1 cm³/mol. The van der Waals surface area contributed by atoms with Gasteiger partial charge in [0.05, 0.1) is 5.56 Å². The number of halogens is 1. The Labute approximate surface area is 96.6 Å². The quantitative estimate of drug-likeness (QED) is 0.865. The second-order valence-corrected chi connectivity index (χ2v) is 3.54. The number of hydrogen-bond donors (Lipinski definition) is 1. The van der Waals surface area contributed by atoms with Crippen molar-refractivity contribution in [3.63, 3.8) is 0 Å². The second kappa shape index (κ2) is 4.32. The average Bonchev–Trinajstić information content (AvgIpc) is 2.68. The Morgan fingerprint density at radius 2 is 2.18 bits per heavy atom. The molecule has 0 saturated heterocycles. The molecule has 0 aliphatic carbocycles. The van der Waals surface area contributed by atoms with Crippen LogP contribution in [0.2, 0.25) is 0 Å². The molecule has 0 bridgehead atoms. The largest absolute Gasteiger partial charge is 0.328 e. The zero-order valence-corrected chi connectivity index (χ0v) is 9.32. The van der Waals surface area contributed by atoms with E-state index in [0.717, 1.165) is 0 Å². The zero-order chi connectivity index (χ0) is 12.4. The van der Waals surface area contributed by atoms with Crippen molar-refractivity contribution in [1.29, 1.82) is 0 Å². The molecular weight excluding hydrogens is 225 g/mol. The van der Waals surface area contributed by atoms with Gasteiger partial charge in [-0.2, -0.15) is 4.98 Å². The molecule has 2 aromatic rings. The summed E-state index contributed by atoms with van der Waals surface area (Å²) >= 11 is 0. The highest BCUT2D eigenvalue weighted by Gasteiger charge is 2.15. The molecule has 17 heavy (non-hydrogen) atoms. The van der Waals surface area contributed by atoms with E-state index in [2.05, 4.69) is 15.5 Å². The van der Waals surface area contributed by atoms with Crippen LogP contribution in [0.15, 0.2) is 22.7 Å². The normalized spacial score (nSPS) is 10.3. The van der Waals surface area contributed by atoms with Crippen LogP contribution in [0.4, 0.5) is 10.4 Å². The molecule has 6 heteroatoms. The van der Waals surface area contributed by atoms with Crippen molar-refractivity contribution >= 4 is 11.9 Å². The van der Waals surface area contributed by atoms with E-state index in [1.165, 1.54) is 6.07 Å². The first-order valence-corrected chi connectivity index (χ1v) is 4.94. The lowest BCUT2D eigenvalue weighted by Gasteiger charge is -2.03. The summed E-state index contributed by atoms with van der Waals surface area (Å²) < 4.78 is 18.3. The van der Waals surface area contributed by atoms with Crippen LogP contribution in [0.3, 0.4) is 0 Å². The maximum atomic E-state index is 13.6. The predicted octanol–water partition coefficient (Wildman–Crippen LogP) is 2.08. The summed E-state index contributed by atoms with van der Waals surface area (Å²) in [6, 6.07) is 4.53. The Hall–Kier alpha value is -2.24. The number of carbonyl (C=O) groups excluding carboxylic acids is 1. The molecule has 0 radical (unpaired) electrons. The number of nitrogens with zero attached hydrogens (tertiary/aromatic N) is 2. The zero-order valence-electron chi connectivity index (χ0n) is 9.32. The van der Waals surface area contributed by atoms with Crippen molar-refractivity contribution in [2.75, 3.05) is 5.32 Å². The SMILES string of the molecule is Cc1noc(NC(=O)c2cccc(C)c2F)n1. The summed E-state index contributed by atoms with van der Waals surface area (Å²) in [6.45, 7) is 3.20. The van der Waals surface area contributed by atoms with Crippen LogP contribution in [-0.2, 0) is 0 Å². The first-order chi connectivity index (χ1) is 8.08. The van der Waals surface area contributed by atoms with Gasteiger partial charge >= 0.3 is 6.01 Å². The van der Waals surface area contributed by atoms with Gasteiger partial charge in [0.2, 0.25) is 0 Å². The molecule has 1 aromatic heterocycles.